The maximum absolute atomic E-state index is 11.6. The number of alkyl halides is 2. The van der Waals surface area contributed by atoms with Gasteiger partial charge in [0.25, 0.3) is 0 Å². The number of carboxylic acids is 1. The van der Waals surface area contributed by atoms with E-state index in [1.807, 2.05) is 0 Å². The highest BCUT2D eigenvalue weighted by Gasteiger charge is 2.17. The molecule has 0 amide bonds. The highest BCUT2D eigenvalue weighted by atomic mass is 35.5. The molecule has 0 fully saturated rings. The van der Waals surface area contributed by atoms with Crippen molar-refractivity contribution in [3.8, 4) is 0 Å². The molecule has 17 heavy (non-hydrogen) atoms. The zero-order valence-electron chi connectivity index (χ0n) is 8.73. The molecule has 6 heteroatoms. The average Bonchev–Trinajstić information content (AvgIpc) is 2.35. The van der Waals surface area contributed by atoms with E-state index in [9.17, 15) is 9.59 Å². The molecule has 0 aromatic heterocycles. The summed E-state index contributed by atoms with van der Waals surface area (Å²) < 4.78 is 4.85. The van der Waals surface area contributed by atoms with Crippen LogP contribution < -0.4 is 0 Å². The Balaban J connectivity index is 2.78. The molecule has 0 heterocycles. The largest absolute Gasteiger partial charge is 0.478 e. The van der Waals surface area contributed by atoms with Gasteiger partial charge in [-0.2, -0.15) is 0 Å². The van der Waals surface area contributed by atoms with Gasteiger partial charge in [-0.1, -0.05) is 12.1 Å². The first-order valence-electron chi connectivity index (χ1n) is 4.75. The van der Waals surface area contributed by atoms with Crippen LogP contribution in [0, 0.1) is 0 Å². The van der Waals surface area contributed by atoms with Crippen molar-refractivity contribution in [3.63, 3.8) is 0 Å². The third-order valence-corrected chi connectivity index (χ3v) is 2.75. The first kappa shape index (κ1) is 13.8. The van der Waals surface area contributed by atoms with Gasteiger partial charge in [-0.3, -0.25) is 0 Å². The highest BCUT2D eigenvalue weighted by molar-refractivity contribution is 6.28. The molecule has 1 atom stereocenters. The van der Waals surface area contributed by atoms with Crippen molar-refractivity contribution in [3.05, 3.63) is 35.4 Å². The molecule has 1 unspecified atom stereocenters. The lowest BCUT2D eigenvalue weighted by Crippen LogP contribution is -2.17. The SMILES string of the molecule is O=C(O)c1ccccc1C(=O)OCC(Cl)CCl. The fraction of sp³-hybridized carbons (Fsp3) is 0.273. The lowest BCUT2D eigenvalue weighted by atomic mass is 10.1. The van der Waals surface area contributed by atoms with Crippen molar-refractivity contribution in [2.45, 2.75) is 5.38 Å². The van der Waals surface area contributed by atoms with Crippen LogP contribution in [0.5, 0.6) is 0 Å². The zero-order chi connectivity index (χ0) is 12.8. The number of carbonyl (C=O) groups is 2. The van der Waals surface area contributed by atoms with Crippen molar-refractivity contribution in [1.82, 2.24) is 0 Å². The number of hydrogen-bond donors (Lipinski definition) is 1. The minimum Gasteiger partial charge on any atom is -0.478 e. The topological polar surface area (TPSA) is 63.6 Å². The summed E-state index contributed by atoms with van der Waals surface area (Å²) in [6.07, 6.45) is 0. The molecule has 92 valence electrons. The molecule has 0 saturated heterocycles. The predicted octanol–water partition coefficient (Wildman–Crippen LogP) is 2.39. The molecule has 4 nitrogen and oxygen atoms in total. The molecule has 0 bridgehead atoms. The molecular formula is C11H10Cl2O4. The molecular weight excluding hydrogens is 267 g/mol. The first-order valence-corrected chi connectivity index (χ1v) is 5.72. The van der Waals surface area contributed by atoms with Gasteiger partial charge in [0.2, 0.25) is 0 Å². The number of rotatable bonds is 5. The number of carboxylic acid groups (broad SMARTS) is 1. The second-order valence-corrected chi connectivity index (χ2v) is 4.13. The van der Waals surface area contributed by atoms with Gasteiger partial charge in [-0.05, 0) is 12.1 Å². The molecule has 1 N–H and O–H groups in total. The van der Waals surface area contributed by atoms with E-state index in [0.717, 1.165) is 0 Å². The number of esters is 1. The number of hydrogen-bond acceptors (Lipinski definition) is 3. The number of halogens is 2. The van der Waals surface area contributed by atoms with Crippen LogP contribution in [-0.2, 0) is 4.74 Å². The van der Waals surface area contributed by atoms with Crippen molar-refractivity contribution in [1.29, 1.82) is 0 Å². The smallest absolute Gasteiger partial charge is 0.339 e. The Kier molecular flexibility index (Phi) is 5.25. The maximum atomic E-state index is 11.6. The fourth-order valence-corrected chi connectivity index (χ4v) is 1.29. The number of carbonyl (C=O) groups excluding carboxylic acids is 1. The number of ether oxygens (including phenoxy) is 1. The van der Waals surface area contributed by atoms with Crippen molar-refractivity contribution < 1.29 is 19.4 Å². The molecule has 1 rings (SSSR count). The van der Waals surface area contributed by atoms with E-state index in [1.54, 1.807) is 6.07 Å². The normalized spacial score (nSPS) is 11.9. The second-order valence-electron chi connectivity index (χ2n) is 3.20. The Morgan fingerprint density at radius 3 is 2.41 bits per heavy atom. The Bertz CT molecular complexity index is 420. The van der Waals surface area contributed by atoms with E-state index < -0.39 is 17.3 Å². The molecule has 0 aliphatic rings. The minimum atomic E-state index is -1.18. The highest BCUT2D eigenvalue weighted by Crippen LogP contribution is 2.11. The van der Waals surface area contributed by atoms with Crippen LogP contribution in [0.15, 0.2) is 24.3 Å². The van der Waals surface area contributed by atoms with Crippen LogP contribution in [0.25, 0.3) is 0 Å². The average molecular weight is 277 g/mol. The van der Waals surface area contributed by atoms with Gasteiger partial charge in [-0.25, -0.2) is 9.59 Å². The third kappa shape index (κ3) is 3.91. The fourth-order valence-electron chi connectivity index (χ4n) is 1.14. The summed E-state index contributed by atoms with van der Waals surface area (Å²) in [7, 11) is 0. The van der Waals surface area contributed by atoms with E-state index >= 15 is 0 Å². The van der Waals surface area contributed by atoms with Crippen LogP contribution in [0.1, 0.15) is 20.7 Å². The molecule has 0 aliphatic carbocycles. The summed E-state index contributed by atoms with van der Waals surface area (Å²) in [5.74, 6) is -1.76. The van der Waals surface area contributed by atoms with Crippen molar-refractivity contribution in [2.75, 3.05) is 12.5 Å². The van der Waals surface area contributed by atoms with Crippen LogP contribution in [0.3, 0.4) is 0 Å². The Morgan fingerprint density at radius 1 is 1.29 bits per heavy atom. The first-order chi connectivity index (χ1) is 8.06. The van der Waals surface area contributed by atoms with Gasteiger partial charge < -0.3 is 9.84 Å². The Hall–Kier alpha value is -1.26. The van der Waals surface area contributed by atoms with E-state index in [4.69, 9.17) is 33.0 Å². The van der Waals surface area contributed by atoms with E-state index in [2.05, 4.69) is 0 Å². The number of benzene rings is 1. The zero-order valence-corrected chi connectivity index (χ0v) is 10.2. The number of aromatic carboxylic acids is 1. The summed E-state index contributed by atoms with van der Waals surface area (Å²) >= 11 is 11.1. The molecule has 0 radical (unpaired) electrons. The standard InChI is InChI=1S/C11H10Cl2O4/c12-5-7(13)6-17-11(16)9-4-2-1-3-8(9)10(14)15/h1-4,7H,5-6H2,(H,14,15). The summed E-state index contributed by atoms with van der Waals surface area (Å²) in [5.41, 5.74) is -0.104. The quantitative estimate of drug-likeness (QED) is 0.663. The van der Waals surface area contributed by atoms with Crippen LogP contribution in [0.2, 0.25) is 0 Å². The summed E-state index contributed by atoms with van der Waals surface area (Å²) in [4.78, 5) is 22.5. The van der Waals surface area contributed by atoms with Crippen LogP contribution in [-0.4, -0.2) is 34.9 Å². The van der Waals surface area contributed by atoms with Crippen molar-refractivity contribution >= 4 is 35.1 Å². The lowest BCUT2D eigenvalue weighted by Gasteiger charge is -2.08. The third-order valence-electron chi connectivity index (χ3n) is 1.94. The van der Waals surface area contributed by atoms with Gasteiger partial charge in [0.15, 0.2) is 0 Å². The molecule has 1 aromatic carbocycles. The summed E-state index contributed by atoms with van der Waals surface area (Å²) in [6, 6.07) is 5.81. The second kappa shape index (κ2) is 6.47. The van der Waals surface area contributed by atoms with E-state index in [-0.39, 0.29) is 23.6 Å². The van der Waals surface area contributed by atoms with Gasteiger partial charge in [0, 0.05) is 5.88 Å². The van der Waals surface area contributed by atoms with Gasteiger partial charge in [-0.15, -0.1) is 23.2 Å². The summed E-state index contributed by atoms with van der Waals surface area (Å²) in [6.45, 7) is -0.0577. The molecule has 1 aromatic rings. The molecule has 0 saturated carbocycles. The van der Waals surface area contributed by atoms with Gasteiger partial charge in [0.05, 0.1) is 16.5 Å². The summed E-state index contributed by atoms with van der Waals surface area (Å²) in [5, 5.41) is 8.39. The maximum Gasteiger partial charge on any atom is 0.339 e. The Morgan fingerprint density at radius 2 is 1.88 bits per heavy atom. The monoisotopic (exact) mass is 276 g/mol. The predicted molar refractivity (Wildman–Crippen MR) is 64.0 cm³/mol. The molecule has 0 aliphatic heterocycles. The molecule has 0 spiro atoms. The van der Waals surface area contributed by atoms with E-state index in [1.165, 1.54) is 18.2 Å². The van der Waals surface area contributed by atoms with Crippen LogP contribution >= 0.6 is 23.2 Å². The van der Waals surface area contributed by atoms with Crippen molar-refractivity contribution in [2.24, 2.45) is 0 Å². The lowest BCUT2D eigenvalue weighted by molar-refractivity contribution is 0.0498. The van der Waals surface area contributed by atoms with Gasteiger partial charge in [0.1, 0.15) is 6.61 Å². The van der Waals surface area contributed by atoms with Crippen LogP contribution in [0.4, 0.5) is 0 Å². The Labute approximate surface area is 108 Å². The minimum absolute atomic E-state index is 0.00145. The van der Waals surface area contributed by atoms with E-state index in [0.29, 0.717) is 0 Å². The van der Waals surface area contributed by atoms with Gasteiger partial charge >= 0.3 is 11.9 Å².